The first-order valence-corrected chi connectivity index (χ1v) is 9.14. The summed E-state index contributed by atoms with van der Waals surface area (Å²) in [5, 5.41) is 6.81. The molecule has 1 unspecified atom stereocenters. The topological polar surface area (TPSA) is 117 Å². The molecule has 1 aliphatic heterocycles. The number of ether oxygens (including phenoxy) is 1. The Morgan fingerprint density at radius 2 is 2.10 bits per heavy atom. The highest BCUT2D eigenvalue weighted by Gasteiger charge is 2.38. The van der Waals surface area contributed by atoms with Gasteiger partial charge in [-0.15, -0.1) is 0 Å². The van der Waals surface area contributed by atoms with E-state index in [0.29, 0.717) is 40.9 Å². The van der Waals surface area contributed by atoms with Crippen molar-refractivity contribution in [3.8, 4) is 5.75 Å². The van der Waals surface area contributed by atoms with E-state index in [1.807, 2.05) is 31.0 Å². The molecule has 0 aliphatic carbocycles. The molecule has 0 saturated heterocycles. The Morgan fingerprint density at radius 1 is 1.38 bits per heavy atom. The Balaban J connectivity index is 2.01. The van der Waals surface area contributed by atoms with Crippen molar-refractivity contribution in [1.29, 1.82) is 0 Å². The number of nitrogens with two attached hydrogens (primary N) is 1. The van der Waals surface area contributed by atoms with Crippen LogP contribution in [0.3, 0.4) is 0 Å². The minimum atomic E-state index is -0.542. The fraction of sp³-hybridized carbons (Fsp3) is 0.368. The summed E-state index contributed by atoms with van der Waals surface area (Å²) in [6.07, 6.45) is 2.24. The van der Waals surface area contributed by atoms with Gasteiger partial charge in [-0.05, 0) is 24.6 Å². The van der Waals surface area contributed by atoms with Crippen LogP contribution in [0.15, 0.2) is 24.4 Å². The van der Waals surface area contributed by atoms with Crippen molar-refractivity contribution in [2.24, 2.45) is 5.73 Å². The van der Waals surface area contributed by atoms with E-state index in [0.717, 1.165) is 0 Å². The highest BCUT2D eigenvalue weighted by Crippen LogP contribution is 2.36. The third-order valence-corrected chi connectivity index (χ3v) is 4.79. The Labute approximate surface area is 169 Å². The first-order valence-electron chi connectivity index (χ1n) is 9.14. The lowest BCUT2D eigenvalue weighted by Gasteiger charge is -2.43. The van der Waals surface area contributed by atoms with Crippen molar-refractivity contribution in [2.45, 2.75) is 19.4 Å². The first-order chi connectivity index (χ1) is 13.8. The molecule has 2 heterocycles. The van der Waals surface area contributed by atoms with Crippen molar-refractivity contribution in [2.75, 3.05) is 43.5 Å². The number of likely N-dealkylation sites (N-methyl/N-ethyl adjacent to an activating group) is 1. The molecule has 3 rings (SSSR count). The molecule has 0 saturated carbocycles. The van der Waals surface area contributed by atoms with E-state index < -0.39 is 5.91 Å². The van der Waals surface area contributed by atoms with Crippen molar-refractivity contribution in [1.82, 2.24) is 15.0 Å². The van der Waals surface area contributed by atoms with Gasteiger partial charge in [0.1, 0.15) is 17.5 Å². The maximum Gasteiger partial charge on any atom is 0.251 e. The average molecular weight is 399 g/mol. The molecule has 10 nitrogen and oxygen atoms in total. The van der Waals surface area contributed by atoms with Crippen LogP contribution < -0.4 is 25.7 Å². The first kappa shape index (κ1) is 20.3. The number of carbonyl (C=O) groups is 2. The maximum absolute atomic E-state index is 12.7. The Kier molecular flexibility index (Phi) is 5.55. The molecule has 1 aromatic heterocycles. The summed E-state index contributed by atoms with van der Waals surface area (Å²) in [6.45, 7) is 1.96. The number of carbonyl (C=O) groups excluding carboxylic acids is 2. The van der Waals surface area contributed by atoms with Crippen LogP contribution in [0.4, 0.5) is 23.1 Å². The van der Waals surface area contributed by atoms with Gasteiger partial charge in [0.15, 0.2) is 5.82 Å². The van der Waals surface area contributed by atoms with E-state index in [1.54, 1.807) is 36.3 Å². The van der Waals surface area contributed by atoms with Gasteiger partial charge in [0, 0.05) is 26.7 Å². The molecule has 0 bridgehead atoms. The second kappa shape index (κ2) is 7.92. The summed E-state index contributed by atoms with van der Waals surface area (Å²) in [4.78, 5) is 34.7. The summed E-state index contributed by atoms with van der Waals surface area (Å²) in [5.41, 5.74) is 6.87. The van der Waals surface area contributed by atoms with Crippen molar-refractivity contribution in [3.05, 3.63) is 30.0 Å². The molecule has 0 spiro atoms. The maximum atomic E-state index is 12.7. The average Bonchev–Trinajstić information content (AvgIpc) is 2.70. The van der Waals surface area contributed by atoms with E-state index in [9.17, 15) is 9.59 Å². The molecule has 0 fully saturated rings. The zero-order valence-electron chi connectivity index (χ0n) is 17.1. The van der Waals surface area contributed by atoms with Crippen LogP contribution >= 0.6 is 0 Å². The molecule has 0 radical (unpaired) electrons. The predicted molar refractivity (Wildman–Crippen MR) is 110 cm³/mol. The number of benzene rings is 1. The zero-order valence-corrected chi connectivity index (χ0v) is 17.1. The van der Waals surface area contributed by atoms with Gasteiger partial charge < -0.3 is 20.7 Å². The van der Waals surface area contributed by atoms with Crippen LogP contribution in [0, 0.1) is 0 Å². The third kappa shape index (κ3) is 3.66. The van der Waals surface area contributed by atoms with E-state index in [-0.39, 0.29) is 11.9 Å². The van der Waals surface area contributed by atoms with Gasteiger partial charge in [0.05, 0.1) is 19.0 Å². The number of primary amides is 1. The third-order valence-electron chi connectivity index (χ3n) is 4.79. The monoisotopic (exact) mass is 399 g/mol. The molecule has 154 valence electrons. The highest BCUT2D eigenvalue weighted by atomic mass is 16.5. The summed E-state index contributed by atoms with van der Waals surface area (Å²) in [7, 11) is 6.95. The number of fused-ring (bicyclic) bond motifs is 1. The lowest BCUT2D eigenvalue weighted by Crippen LogP contribution is -2.57. The molecule has 1 aliphatic rings. The fourth-order valence-corrected chi connectivity index (χ4v) is 3.31. The summed E-state index contributed by atoms with van der Waals surface area (Å²) >= 11 is 0. The number of anilines is 4. The van der Waals surface area contributed by atoms with Crippen LogP contribution in [0.25, 0.3) is 0 Å². The molecule has 29 heavy (non-hydrogen) atoms. The predicted octanol–water partition coefficient (Wildman–Crippen LogP) is 1.37. The molecular weight excluding hydrogens is 374 g/mol. The molecule has 2 amide bonds. The van der Waals surface area contributed by atoms with Crippen molar-refractivity contribution in [3.63, 3.8) is 0 Å². The van der Waals surface area contributed by atoms with Crippen LogP contribution in [0.5, 0.6) is 5.75 Å². The van der Waals surface area contributed by atoms with Gasteiger partial charge in [-0.2, -0.15) is 4.98 Å². The quantitative estimate of drug-likeness (QED) is 0.748. The van der Waals surface area contributed by atoms with Gasteiger partial charge in [-0.3, -0.25) is 14.6 Å². The minimum absolute atomic E-state index is 0.0123. The standard InChI is InChI=1S/C19H25N7O3/c1-6-13-18(28)25(4)14-10-21-19(23-17(14)26(13)24(2)3)22-12-8-7-11(16(20)27)9-15(12)29-5/h7-10,13H,6H2,1-5H3,(H2,20,27)(H,21,22,23). The van der Waals surface area contributed by atoms with Gasteiger partial charge in [-0.1, -0.05) is 6.92 Å². The zero-order chi connectivity index (χ0) is 21.3. The minimum Gasteiger partial charge on any atom is -0.495 e. The van der Waals surface area contributed by atoms with E-state index in [1.165, 1.54) is 7.11 Å². The van der Waals surface area contributed by atoms with Crippen LogP contribution in [-0.4, -0.2) is 61.1 Å². The van der Waals surface area contributed by atoms with Crippen molar-refractivity contribution < 1.29 is 14.3 Å². The van der Waals surface area contributed by atoms with Crippen LogP contribution in [0.2, 0.25) is 0 Å². The fourth-order valence-electron chi connectivity index (χ4n) is 3.31. The summed E-state index contributed by atoms with van der Waals surface area (Å²) in [6, 6.07) is 4.47. The number of nitrogens with one attached hydrogen (secondary N) is 1. The number of methoxy groups -OCH3 is 1. The summed E-state index contributed by atoms with van der Waals surface area (Å²) in [5.74, 6) is 0.833. The van der Waals surface area contributed by atoms with E-state index in [2.05, 4.69) is 15.3 Å². The Bertz CT molecular complexity index is 947. The molecule has 1 atom stereocenters. The number of amides is 2. The van der Waals surface area contributed by atoms with Gasteiger partial charge >= 0.3 is 0 Å². The number of hydrazine groups is 1. The lowest BCUT2D eigenvalue weighted by atomic mass is 10.1. The number of aromatic nitrogens is 2. The van der Waals surface area contributed by atoms with Gasteiger partial charge in [0.25, 0.3) is 5.91 Å². The highest BCUT2D eigenvalue weighted by molar-refractivity contribution is 6.04. The normalized spacial score (nSPS) is 16.1. The largest absolute Gasteiger partial charge is 0.495 e. The van der Waals surface area contributed by atoms with Gasteiger partial charge in [0.2, 0.25) is 11.9 Å². The molecule has 10 heteroatoms. The number of nitrogens with zero attached hydrogens (tertiary/aromatic N) is 5. The smallest absolute Gasteiger partial charge is 0.251 e. The molecule has 2 aromatic rings. The second-order valence-electron chi connectivity index (χ2n) is 6.82. The molecule has 3 N–H and O–H groups in total. The SMILES string of the molecule is CCC1C(=O)N(C)c2cnc(Nc3ccc(C(N)=O)cc3OC)nc2N1N(C)C. The van der Waals surface area contributed by atoms with E-state index >= 15 is 0 Å². The lowest BCUT2D eigenvalue weighted by molar-refractivity contribution is -0.120. The number of hydrogen-bond acceptors (Lipinski definition) is 8. The van der Waals surface area contributed by atoms with Crippen molar-refractivity contribution >= 4 is 35.0 Å². The van der Waals surface area contributed by atoms with Gasteiger partial charge in [-0.25, -0.2) is 9.99 Å². The second-order valence-corrected chi connectivity index (χ2v) is 6.82. The van der Waals surface area contributed by atoms with E-state index in [4.69, 9.17) is 10.5 Å². The Morgan fingerprint density at radius 3 is 2.69 bits per heavy atom. The number of rotatable bonds is 6. The Hall–Kier alpha value is -3.40. The molecular formula is C19H25N7O3. The summed E-state index contributed by atoms with van der Waals surface area (Å²) < 4.78 is 5.35. The van der Waals surface area contributed by atoms with Crippen LogP contribution in [-0.2, 0) is 4.79 Å². The van der Waals surface area contributed by atoms with Crippen LogP contribution in [0.1, 0.15) is 23.7 Å². The molecule has 1 aromatic carbocycles. The number of hydrogen-bond donors (Lipinski definition) is 2.